The van der Waals surface area contributed by atoms with E-state index in [1.807, 2.05) is 13.0 Å². The van der Waals surface area contributed by atoms with Crippen molar-refractivity contribution in [1.82, 2.24) is 9.62 Å². The predicted molar refractivity (Wildman–Crippen MR) is 106 cm³/mol. The van der Waals surface area contributed by atoms with Crippen molar-refractivity contribution in [2.75, 3.05) is 33.3 Å². The quantitative estimate of drug-likeness (QED) is 0.752. The highest BCUT2D eigenvalue weighted by Gasteiger charge is 2.27. The van der Waals surface area contributed by atoms with Crippen LogP contribution in [0.15, 0.2) is 47.4 Å². The molecule has 2 amide bonds. The molecule has 0 aromatic heterocycles. The van der Waals surface area contributed by atoms with E-state index >= 15 is 0 Å². The molecule has 1 aliphatic heterocycles. The van der Waals surface area contributed by atoms with Crippen LogP contribution in [0.1, 0.15) is 11.1 Å². The molecule has 0 aliphatic carbocycles. The zero-order valence-corrected chi connectivity index (χ0v) is 17.3. The summed E-state index contributed by atoms with van der Waals surface area (Å²) in [6, 6.07) is 10.6. The molecule has 2 aromatic rings. The van der Waals surface area contributed by atoms with E-state index in [0.29, 0.717) is 32.7 Å². The number of ether oxygens (including phenoxy) is 1. The van der Waals surface area contributed by atoms with Crippen molar-refractivity contribution in [2.45, 2.75) is 18.4 Å². The summed E-state index contributed by atoms with van der Waals surface area (Å²) in [5.74, 6) is -0.191. The summed E-state index contributed by atoms with van der Waals surface area (Å²) in [6.45, 7) is 4.61. The molecule has 0 spiro atoms. The van der Waals surface area contributed by atoms with Crippen LogP contribution in [0.2, 0.25) is 0 Å². The van der Waals surface area contributed by atoms with E-state index in [2.05, 4.69) is 4.72 Å². The molecule has 1 fully saturated rings. The molecule has 0 bridgehead atoms. The third-order valence-electron chi connectivity index (χ3n) is 4.98. The van der Waals surface area contributed by atoms with Crippen LogP contribution in [0, 0.1) is 12.7 Å². The molecule has 0 radical (unpaired) electrons. The fourth-order valence-corrected chi connectivity index (χ4v) is 4.24. The van der Waals surface area contributed by atoms with Gasteiger partial charge in [-0.3, -0.25) is 0 Å². The normalized spacial score (nSPS) is 15.2. The third kappa shape index (κ3) is 5.24. The largest absolute Gasteiger partial charge is 0.494 e. The second kappa shape index (κ2) is 8.79. The number of urea groups is 1. The van der Waals surface area contributed by atoms with Gasteiger partial charge in [0.2, 0.25) is 0 Å². The molecule has 0 unspecified atom stereocenters. The number of carbonyl (C=O) groups is 1. The van der Waals surface area contributed by atoms with Crippen molar-refractivity contribution in [1.29, 1.82) is 0 Å². The van der Waals surface area contributed by atoms with Crippen molar-refractivity contribution in [2.24, 2.45) is 0 Å². The number of nitrogens with one attached hydrogen (secondary N) is 2. The number of methoxy groups -OCH3 is 1. The Morgan fingerprint density at radius 1 is 1.17 bits per heavy atom. The van der Waals surface area contributed by atoms with Crippen LogP contribution in [0.5, 0.6) is 5.75 Å². The molecule has 3 rings (SSSR count). The van der Waals surface area contributed by atoms with Crippen LogP contribution < -0.4 is 14.4 Å². The Morgan fingerprint density at radius 2 is 1.83 bits per heavy atom. The Bertz CT molecular complexity index is 972. The first-order valence-electron chi connectivity index (χ1n) is 9.33. The monoisotopic (exact) mass is 422 g/mol. The van der Waals surface area contributed by atoms with Crippen LogP contribution in [-0.2, 0) is 16.6 Å². The first-order chi connectivity index (χ1) is 13.8. The molecule has 156 valence electrons. The highest BCUT2D eigenvalue weighted by molar-refractivity contribution is 7.90. The summed E-state index contributed by atoms with van der Waals surface area (Å²) in [7, 11) is -2.48. The lowest BCUT2D eigenvalue weighted by Gasteiger charge is -2.32. The number of aryl methyl sites for hydroxylation is 1. The average Bonchev–Trinajstić information content (AvgIpc) is 2.68. The van der Waals surface area contributed by atoms with Gasteiger partial charge < -0.3 is 14.5 Å². The van der Waals surface area contributed by atoms with Gasteiger partial charge in [0.1, 0.15) is 6.54 Å². The highest BCUT2D eigenvalue weighted by atomic mass is 32.2. The number of carbonyl (C=O) groups excluding carboxylic acids is 1. The van der Waals surface area contributed by atoms with Gasteiger partial charge in [0.15, 0.2) is 11.6 Å². The van der Waals surface area contributed by atoms with Crippen molar-refractivity contribution in [3.05, 3.63) is 59.4 Å². The van der Waals surface area contributed by atoms with Gasteiger partial charge >= 0.3 is 6.03 Å². The predicted octanol–water partition coefficient (Wildman–Crippen LogP) is 0.942. The molecular formula is C20H25FN3O4S+. The van der Waals surface area contributed by atoms with Crippen molar-refractivity contribution in [3.63, 3.8) is 0 Å². The molecule has 2 N–H and O–H groups in total. The smallest absolute Gasteiger partial charge is 0.331 e. The molecule has 0 atom stereocenters. The lowest BCUT2D eigenvalue weighted by Crippen LogP contribution is -3.13. The van der Waals surface area contributed by atoms with Crippen LogP contribution >= 0.6 is 0 Å². The number of hydrogen-bond acceptors (Lipinski definition) is 4. The van der Waals surface area contributed by atoms with E-state index in [0.717, 1.165) is 11.1 Å². The van der Waals surface area contributed by atoms with Crippen molar-refractivity contribution in [3.8, 4) is 5.75 Å². The molecule has 1 heterocycles. The molecule has 29 heavy (non-hydrogen) atoms. The second-order valence-electron chi connectivity index (χ2n) is 7.11. The SMILES string of the molecule is COc1ccc(C[NH+]2CCN(C(=O)NS(=O)(=O)c3ccc(C)cc3)CC2)cc1F. The molecule has 7 nitrogen and oxygen atoms in total. The number of piperazine rings is 1. The number of amides is 2. The van der Waals surface area contributed by atoms with Crippen molar-refractivity contribution >= 4 is 16.1 Å². The standard InChI is InChI=1S/C20H24FN3O4S/c1-15-3-6-17(7-4-15)29(26,27)22-20(25)24-11-9-23(10-12-24)14-16-5-8-19(28-2)18(21)13-16/h3-8,13H,9-12,14H2,1-2H3,(H,22,25)/p+1. The Morgan fingerprint density at radius 3 is 2.41 bits per heavy atom. The fraction of sp³-hybridized carbons (Fsp3) is 0.350. The maximum atomic E-state index is 13.8. The fourth-order valence-electron chi connectivity index (χ4n) is 3.27. The van der Waals surface area contributed by atoms with Crippen LogP contribution in [0.25, 0.3) is 0 Å². The lowest BCUT2D eigenvalue weighted by atomic mass is 10.2. The summed E-state index contributed by atoms with van der Waals surface area (Å²) < 4.78 is 45.7. The maximum absolute atomic E-state index is 13.8. The minimum absolute atomic E-state index is 0.0576. The first-order valence-corrected chi connectivity index (χ1v) is 10.8. The Kier molecular flexibility index (Phi) is 6.39. The summed E-state index contributed by atoms with van der Waals surface area (Å²) in [4.78, 5) is 15.1. The number of halogens is 1. The zero-order chi connectivity index (χ0) is 21.0. The molecule has 0 saturated carbocycles. The maximum Gasteiger partial charge on any atom is 0.331 e. The zero-order valence-electron chi connectivity index (χ0n) is 16.4. The van der Waals surface area contributed by atoms with Gasteiger partial charge in [-0.1, -0.05) is 17.7 Å². The summed E-state index contributed by atoms with van der Waals surface area (Å²) in [5, 5.41) is 0. The van der Waals surface area contributed by atoms with E-state index in [9.17, 15) is 17.6 Å². The van der Waals surface area contributed by atoms with Gasteiger partial charge in [-0.2, -0.15) is 0 Å². The second-order valence-corrected chi connectivity index (χ2v) is 8.79. The minimum atomic E-state index is -3.90. The van der Waals surface area contributed by atoms with Crippen LogP contribution in [0.3, 0.4) is 0 Å². The van der Waals surface area contributed by atoms with E-state index in [4.69, 9.17) is 4.74 Å². The summed E-state index contributed by atoms with van der Waals surface area (Å²) in [5.41, 5.74) is 1.78. The van der Waals surface area contributed by atoms with E-state index in [1.54, 1.807) is 18.2 Å². The Hall–Kier alpha value is -2.65. The number of nitrogens with zero attached hydrogens (tertiary/aromatic N) is 1. The van der Waals surface area contributed by atoms with Gasteiger partial charge in [-0.05, 0) is 37.3 Å². The molecular weight excluding hydrogens is 397 g/mol. The summed E-state index contributed by atoms with van der Waals surface area (Å²) >= 11 is 0. The van der Waals surface area contributed by atoms with Gasteiger partial charge in [0, 0.05) is 5.56 Å². The molecule has 1 aliphatic rings. The summed E-state index contributed by atoms with van der Waals surface area (Å²) in [6.07, 6.45) is 0. The molecule has 9 heteroatoms. The molecule has 2 aromatic carbocycles. The topological polar surface area (TPSA) is 80.2 Å². The van der Waals surface area contributed by atoms with Gasteiger partial charge in [-0.25, -0.2) is 22.3 Å². The highest BCUT2D eigenvalue weighted by Crippen LogP contribution is 2.17. The Labute approximate surface area is 170 Å². The van der Waals surface area contributed by atoms with E-state index in [-0.39, 0.29) is 10.6 Å². The number of sulfonamides is 1. The molecule has 1 saturated heterocycles. The first kappa shape index (κ1) is 21.1. The van der Waals surface area contributed by atoms with E-state index < -0.39 is 21.9 Å². The van der Waals surface area contributed by atoms with Gasteiger partial charge in [-0.15, -0.1) is 0 Å². The Balaban J connectivity index is 1.54. The average molecular weight is 423 g/mol. The third-order valence-corrected chi connectivity index (χ3v) is 6.32. The van der Waals surface area contributed by atoms with Gasteiger partial charge in [0.05, 0.1) is 38.2 Å². The van der Waals surface area contributed by atoms with Crippen molar-refractivity contribution < 1.29 is 27.2 Å². The number of quaternary nitrogens is 1. The number of rotatable bonds is 5. The van der Waals surface area contributed by atoms with Crippen LogP contribution in [-0.4, -0.2) is 52.6 Å². The van der Waals surface area contributed by atoms with Crippen LogP contribution in [0.4, 0.5) is 9.18 Å². The minimum Gasteiger partial charge on any atom is -0.494 e. The lowest BCUT2D eigenvalue weighted by molar-refractivity contribution is -0.917. The van der Waals surface area contributed by atoms with E-state index in [1.165, 1.54) is 35.1 Å². The van der Waals surface area contributed by atoms with Gasteiger partial charge in [0.25, 0.3) is 10.0 Å². The number of benzene rings is 2. The number of hydrogen-bond donors (Lipinski definition) is 2.